The van der Waals surface area contributed by atoms with Gasteiger partial charge >= 0.3 is 6.03 Å². The predicted octanol–water partition coefficient (Wildman–Crippen LogP) is 5.33. The van der Waals surface area contributed by atoms with Crippen molar-refractivity contribution < 1.29 is 14.3 Å². The van der Waals surface area contributed by atoms with E-state index >= 15 is 0 Å². The molecule has 1 aromatic heterocycles. The summed E-state index contributed by atoms with van der Waals surface area (Å²) in [6.45, 7) is 1.64. The Morgan fingerprint density at radius 3 is 2.65 bits per heavy atom. The monoisotopic (exact) mass is 462 g/mol. The van der Waals surface area contributed by atoms with Gasteiger partial charge < -0.3 is 24.3 Å². The molecule has 0 saturated heterocycles. The molecule has 0 bridgehead atoms. The van der Waals surface area contributed by atoms with Gasteiger partial charge in [0.05, 0.1) is 37.1 Å². The van der Waals surface area contributed by atoms with Gasteiger partial charge in [0.2, 0.25) is 0 Å². The Morgan fingerprint density at radius 2 is 1.97 bits per heavy atom. The fraction of sp³-hybridized carbons (Fsp3) is 0.273. The maximum atomic E-state index is 13.1. The van der Waals surface area contributed by atoms with E-state index in [1.165, 1.54) is 0 Å². The van der Waals surface area contributed by atoms with Crippen LogP contribution in [-0.2, 0) is 13.1 Å². The van der Waals surface area contributed by atoms with Crippen LogP contribution < -0.4 is 14.8 Å². The van der Waals surface area contributed by atoms with E-state index in [4.69, 9.17) is 32.7 Å². The van der Waals surface area contributed by atoms with Gasteiger partial charge in [-0.3, -0.25) is 0 Å². The lowest BCUT2D eigenvalue weighted by molar-refractivity contribution is 0.206. The van der Waals surface area contributed by atoms with Crippen molar-refractivity contribution in [1.82, 2.24) is 14.5 Å². The molecule has 2 aromatic carbocycles. The van der Waals surface area contributed by atoms with Crippen molar-refractivity contribution in [2.75, 3.05) is 26.1 Å². The van der Waals surface area contributed by atoms with Crippen LogP contribution in [0.3, 0.4) is 0 Å². The Kier molecular flexibility index (Phi) is 8.03. The number of hydrogen-bond acceptors (Lipinski definition) is 4. The minimum Gasteiger partial charge on any atom is -0.497 e. The highest BCUT2D eigenvalue weighted by Gasteiger charge is 2.17. The smallest absolute Gasteiger partial charge is 0.322 e. The van der Waals surface area contributed by atoms with Crippen molar-refractivity contribution in [2.24, 2.45) is 0 Å². The molecule has 3 aromatic rings. The highest BCUT2D eigenvalue weighted by molar-refractivity contribution is 6.42. The molecule has 3 rings (SSSR count). The van der Waals surface area contributed by atoms with Gasteiger partial charge in [-0.1, -0.05) is 23.2 Å². The topological polar surface area (TPSA) is 68.6 Å². The molecule has 0 radical (unpaired) electrons. The van der Waals surface area contributed by atoms with E-state index in [0.29, 0.717) is 40.3 Å². The van der Waals surface area contributed by atoms with Gasteiger partial charge in [0.15, 0.2) is 0 Å². The largest absolute Gasteiger partial charge is 0.497 e. The lowest BCUT2D eigenvalue weighted by Gasteiger charge is -2.24. The first-order valence-electron chi connectivity index (χ1n) is 9.67. The van der Waals surface area contributed by atoms with Gasteiger partial charge in [-0.15, -0.1) is 0 Å². The zero-order chi connectivity index (χ0) is 22.2. The van der Waals surface area contributed by atoms with Crippen LogP contribution in [0.4, 0.5) is 10.5 Å². The van der Waals surface area contributed by atoms with E-state index in [-0.39, 0.29) is 6.03 Å². The normalized spacial score (nSPS) is 10.6. The number of halogens is 2. The zero-order valence-corrected chi connectivity index (χ0v) is 18.9. The fourth-order valence-electron chi connectivity index (χ4n) is 3.08. The molecular formula is C22H24Cl2N4O3. The SMILES string of the molecule is COc1ccc(CN(CCCn2ccnc2)C(=O)Nc2ccc(Cl)c(Cl)c2)c(OC)c1. The molecule has 0 aliphatic carbocycles. The number of anilines is 1. The van der Waals surface area contributed by atoms with Crippen molar-refractivity contribution in [3.8, 4) is 11.5 Å². The molecule has 0 aliphatic rings. The highest BCUT2D eigenvalue weighted by Crippen LogP contribution is 2.27. The fourth-order valence-corrected chi connectivity index (χ4v) is 3.38. The lowest BCUT2D eigenvalue weighted by atomic mass is 10.1. The van der Waals surface area contributed by atoms with E-state index in [9.17, 15) is 4.79 Å². The Morgan fingerprint density at radius 1 is 1.13 bits per heavy atom. The minimum absolute atomic E-state index is 0.248. The molecule has 1 N–H and O–H groups in total. The number of methoxy groups -OCH3 is 2. The molecule has 2 amide bonds. The highest BCUT2D eigenvalue weighted by atomic mass is 35.5. The second kappa shape index (κ2) is 10.9. The second-order valence-corrected chi connectivity index (χ2v) is 7.63. The van der Waals surface area contributed by atoms with Crippen molar-refractivity contribution in [2.45, 2.75) is 19.5 Å². The van der Waals surface area contributed by atoms with Crippen LogP contribution in [-0.4, -0.2) is 41.2 Å². The van der Waals surface area contributed by atoms with Crippen LogP contribution in [0.15, 0.2) is 55.1 Å². The van der Waals surface area contributed by atoms with Gasteiger partial charge in [0, 0.05) is 42.8 Å². The average molecular weight is 463 g/mol. The molecule has 1 heterocycles. The number of carbonyl (C=O) groups excluding carboxylic acids is 1. The molecule has 0 atom stereocenters. The number of carbonyl (C=O) groups is 1. The Hall–Kier alpha value is -2.90. The number of benzene rings is 2. The van der Waals surface area contributed by atoms with Gasteiger partial charge in [-0.25, -0.2) is 9.78 Å². The molecule has 31 heavy (non-hydrogen) atoms. The number of hydrogen-bond donors (Lipinski definition) is 1. The number of nitrogens with zero attached hydrogens (tertiary/aromatic N) is 3. The van der Waals surface area contributed by atoms with Crippen LogP contribution in [0.2, 0.25) is 10.0 Å². The zero-order valence-electron chi connectivity index (χ0n) is 17.3. The number of amides is 2. The first kappa shape index (κ1) is 22.8. The quantitative estimate of drug-likeness (QED) is 0.466. The number of nitrogens with one attached hydrogen (secondary N) is 1. The van der Waals surface area contributed by atoms with Gasteiger partial charge in [-0.05, 0) is 36.8 Å². The lowest BCUT2D eigenvalue weighted by Crippen LogP contribution is -2.35. The van der Waals surface area contributed by atoms with Crippen LogP contribution >= 0.6 is 23.2 Å². The minimum atomic E-state index is -0.248. The Bertz CT molecular complexity index is 1010. The van der Waals surface area contributed by atoms with E-state index in [1.807, 2.05) is 22.9 Å². The maximum Gasteiger partial charge on any atom is 0.322 e. The Balaban J connectivity index is 1.76. The number of rotatable bonds is 9. The molecule has 0 spiro atoms. The van der Waals surface area contributed by atoms with Crippen LogP contribution in [0.5, 0.6) is 11.5 Å². The van der Waals surface area contributed by atoms with Crippen molar-refractivity contribution in [3.63, 3.8) is 0 Å². The third-order valence-electron chi connectivity index (χ3n) is 4.72. The van der Waals surface area contributed by atoms with Crippen LogP contribution in [0.1, 0.15) is 12.0 Å². The summed E-state index contributed by atoms with van der Waals surface area (Å²) in [5.74, 6) is 1.34. The maximum absolute atomic E-state index is 13.1. The summed E-state index contributed by atoms with van der Waals surface area (Å²) in [6.07, 6.45) is 6.14. The first-order valence-corrected chi connectivity index (χ1v) is 10.4. The summed E-state index contributed by atoms with van der Waals surface area (Å²) in [4.78, 5) is 18.9. The number of aromatic nitrogens is 2. The number of urea groups is 1. The molecule has 0 aliphatic heterocycles. The average Bonchev–Trinajstić information content (AvgIpc) is 3.29. The van der Waals surface area contributed by atoms with E-state index in [2.05, 4.69) is 10.3 Å². The van der Waals surface area contributed by atoms with Crippen molar-refractivity contribution >= 4 is 34.9 Å². The van der Waals surface area contributed by atoms with E-state index < -0.39 is 0 Å². The predicted molar refractivity (Wildman–Crippen MR) is 122 cm³/mol. The summed E-state index contributed by atoms with van der Waals surface area (Å²) < 4.78 is 12.7. The third kappa shape index (κ3) is 6.29. The Labute approximate surface area is 191 Å². The summed E-state index contributed by atoms with van der Waals surface area (Å²) >= 11 is 12.1. The summed E-state index contributed by atoms with van der Waals surface area (Å²) in [5, 5.41) is 3.70. The number of imidazole rings is 1. The summed E-state index contributed by atoms with van der Waals surface area (Å²) in [7, 11) is 3.19. The number of aryl methyl sites for hydroxylation is 1. The standard InChI is InChI=1S/C22H24Cl2N4O3/c1-30-18-6-4-16(21(13-18)31-2)14-28(10-3-9-27-11-8-25-15-27)22(29)26-17-5-7-19(23)20(24)12-17/h4-8,11-13,15H,3,9-10,14H2,1-2H3,(H,26,29). The van der Waals surface area contributed by atoms with E-state index in [0.717, 1.165) is 18.5 Å². The first-order chi connectivity index (χ1) is 15.0. The summed E-state index contributed by atoms with van der Waals surface area (Å²) in [5.41, 5.74) is 1.44. The molecule has 164 valence electrons. The molecule has 7 nitrogen and oxygen atoms in total. The molecule has 0 fully saturated rings. The van der Waals surface area contributed by atoms with Crippen LogP contribution in [0.25, 0.3) is 0 Å². The third-order valence-corrected chi connectivity index (χ3v) is 5.46. The molecule has 0 saturated carbocycles. The van der Waals surface area contributed by atoms with Crippen LogP contribution in [0, 0.1) is 0 Å². The number of ether oxygens (including phenoxy) is 2. The van der Waals surface area contributed by atoms with Gasteiger partial charge in [0.1, 0.15) is 11.5 Å². The van der Waals surface area contributed by atoms with Crippen molar-refractivity contribution in [3.05, 3.63) is 70.7 Å². The van der Waals surface area contributed by atoms with Crippen molar-refractivity contribution in [1.29, 1.82) is 0 Å². The summed E-state index contributed by atoms with van der Waals surface area (Å²) in [6, 6.07) is 10.3. The van der Waals surface area contributed by atoms with Gasteiger partial charge in [-0.2, -0.15) is 0 Å². The molecular weight excluding hydrogens is 439 g/mol. The molecule has 9 heteroatoms. The van der Waals surface area contributed by atoms with E-state index in [1.54, 1.807) is 55.9 Å². The molecule has 0 unspecified atom stereocenters. The van der Waals surface area contributed by atoms with Gasteiger partial charge in [0.25, 0.3) is 0 Å². The second-order valence-electron chi connectivity index (χ2n) is 6.81.